The number of nitrogens with one attached hydrogen (secondary N) is 1. The number of thiophene rings is 1. The summed E-state index contributed by atoms with van der Waals surface area (Å²) in [6, 6.07) is 5.97. The van der Waals surface area contributed by atoms with Crippen LogP contribution in [0.25, 0.3) is 11.1 Å². The van der Waals surface area contributed by atoms with Gasteiger partial charge < -0.3 is 10.1 Å². The second kappa shape index (κ2) is 9.65. The number of benzene rings is 1. The first-order valence-electron chi connectivity index (χ1n) is 9.83. The van der Waals surface area contributed by atoms with Crippen LogP contribution in [-0.4, -0.2) is 23.4 Å². The number of non-ortho nitro benzene ring substituents is 1. The normalized spacial score (nSPS) is 14.4. The summed E-state index contributed by atoms with van der Waals surface area (Å²) in [7, 11) is 0. The highest BCUT2D eigenvalue weighted by Gasteiger charge is 2.24. The van der Waals surface area contributed by atoms with Crippen molar-refractivity contribution in [1.29, 1.82) is 0 Å². The maximum atomic E-state index is 12.6. The maximum absolute atomic E-state index is 12.6. The third-order valence-corrected chi connectivity index (χ3v) is 6.01. The van der Waals surface area contributed by atoms with E-state index in [-0.39, 0.29) is 18.2 Å². The van der Waals surface area contributed by atoms with Crippen LogP contribution in [0.3, 0.4) is 0 Å². The highest BCUT2D eigenvalue weighted by molar-refractivity contribution is 7.15. The molecule has 1 heterocycles. The fraction of sp³-hybridized carbons (Fsp3) is 0.429. The smallest absolute Gasteiger partial charge is 0.341 e. The fourth-order valence-electron chi connectivity index (χ4n) is 3.66. The first-order chi connectivity index (χ1) is 14.0. The molecule has 0 saturated heterocycles. The summed E-state index contributed by atoms with van der Waals surface area (Å²) >= 11 is 1.26. The first kappa shape index (κ1) is 21.0. The maximum Gasteiger partial charge on any atom is 0.341 e. The average Bonchev–Trinajstić information content (AvgIpc) is 3.12. The average molecular weight is 416 g/mol. The van der Waals surface area contributed by atoms with Gasteiger partial charge in [-0.2, -0.15) is 0 Å². The molecule has 1 amide bonds. The highest BCUT2D eigenvalue weighted by Crippen LogP contribution is 2.37. The Morgan fingerprint density at radius 1 is 1.21 bits per heavy atom. The number of amides is 1. The molecule has 0 bridgehead atoms. The van der Waals surface area contributed by atoms with E-state index in [2.05, 4.69) is 5.32 Å². The van der Waals surface area contributed by atoms with Crippen LogP contribution in [0.15, 0.2) is 29.6 Å². The first-order valence-corrected chi connectivity index (χ1v) is 10.7. The van der Waals surface area contributed by atoms with Crippen molar-refractivity contribution in [3.8, 4) is 11.1 Å². The van der Waals surface area contributed by atoms with Gasteiger partial charge in [-0.3, -0.25) is 14.9 Å². The molecule has 1 aromatic carbocycles. The highest BCUT2D eigenvalue weighted by atomic mass is 32.1. The number of nitrogens with zero attached hydrogens (tertiary/aromatic N) is 1. The third-order valence-electron chi connectivity index (χ3n) is 5.11. The number of nitro benzene ring substituents is 1. The predicted octanol–water partition coefficient (Wildman–Crippen LogP) is 5.41. The molecule has 1 N–H and O–H groups in total. The van der Waals surface area contributed by atoms with E-state index in [9.17, 15) is 19.7 Å². The Morgan fingerprint density at radius 3 is 2.52 bits per heavy atom. The van der Waals surface area contributed by atoms with Crippen LogP contribution < -0.4 is 5.32 Å². The summed E-state index contributed by atoms with van der Waals surface area (Å²) < 4.78 is 5.19. The minimum absolute atomic E-state index is 0.0253. The van der Waals surface area contributed by atoms with E-state index >= 15 is 0 Å². The standard InChI is InChI=1S/C21H24N2O5S/c1-2-28-21(25)19-17(15-8-10-16(11-9-15)23(26)27)13-29-20(19)22-18(24)12-14-6-4-3-5-7-14/h8-11,13-14H,2-7,12H2,1H3,(H,22,24). The van der Waals surface area contributed by atoms with E-state index < -0.39 is 10.9 Å². The van der Waals surface area contributed by atoms with E-state index in [0.29, 0.717) is 34.0 Å². The van der Waals surface area contributed by atoms with Gasteiger partial charge in [0.15, 0.2) is 0 Å². The second-order valence-electron chi connectivity index (χ2n) is 7.13. The number of carbonyl (C=O) groups is 2. The van der Waals surface area contributed by atoms with Gasteiger partial charge in [0.25, 0.3) is 5.69 Å². The van der Waals surface area contributed by atoms with Gasteiger partial charge in [-0.15, -0.1) is 11.3 Å². The third kappa shape index (κ3) is 5.20. The van der Waals surface area contributed by atoms with Gasteiger partial charge >= 0.3 is 5.97 Å². The van der Waals surface area contributed by atoms with Crippen LogP contribution in [-0.2, 0) is 9.53 Å². The van der Waals surface area contributed by atoms with Crippen molar-refractivity contribution in [1.82, 2.24) is 0 Å². The Morgan fingerprint density at radius 2 is 1.90 bits per heavy atom. The minimum Gasteiger partial charge on any atom is -0.462 e. The van der Waals surface area contributed by atoms with Crippen LogP contribution in [0.4, 0.5) is 10.7 Å². The van der Waals surface area contributed by atoms with Crippen molar-refractivity contribution < 1.29 is 19.2 Å². The molecule has 0 unspecified atom stereocenters. The van der Waals surface area contributed by atoms with Gasteiger partial charge in [0.05, 0.1) is 11.5 Å². The summed E-state index contributed by atoms with van der Waals surface area (Å²) in [5, 5.41) is 16.0. The largest absolute Gasteiger partial charge is 0.462 e. The topological polar surface area (TPSA) is 98.5 Å². The Kier molecular flexibility index (Phi) is 6.98. The zero-order valence-corrected chi connectivity index (χ0v) is 17.1. The Balaban J connectivity index is 1.84. The lowest BCUT2D eigenvalue weighted by Crippen LogP contribution is -2.19. The molecule has 154 valence electrons. The predicted molar refractivity (Wildman–Crippen MR) is 112 cm³/mol. The van der Waals surface area contributed by atoms with Crippen LogP contribution >= 0.6 is 11.3 Å². The quantitative estimate of drug-likeness (QED) is 0.370. The number of hydrogen-bond donors (Lipinski definition) is 1. The molecule has 1 aliphatic carbocycles. The molecule has 7 nitrogen and oxygen atoms in total. The molecule has 0 atom stereocenters. The van der Waals surface area contributed by atoms with E-state index in [0.717, 1.165) is 25.7 Å². The minimum atomic E-state index is -0.518. The fourth-order valence-corrected chi connectivity index (χ4v) is 4.64. The summed E-state index contributed by atoms with van der Waals surface area (Å²) in [4.78, 5) is 35.6. The zero-order chi connectivity index (χ0) is 20.8. The van der Waals surface area contributed by atoms with Gasteiger partial charge in [-0.05, 0) is 43.4 Å². The van der Waals surface area contributed by atoms with E-state index in [1.807, 2.05) is 0 Å². The molecule has 2 aromatic rings. The molecule has 1 aliphatic rings. The number of nitro groups is 1. The molecular weight excluding hydrogens is 392 g/mol. The van der Waals surface area contributed by atoms with E-state index in [1.54, 1.807) is 24.4 Å². The molecule has 0 spiro atoms. The lowest BCUT2D eigenvalue weighted by atomic mass is 9.87. The molecular formula is C21H24N2O5S. The number of carbonyl (C=O) groups excluding carboxylic acids is 2. The SMILES string of the molecule is CCOC(=O)c1c(-c2ccc([N+](=O)[O-])cc2)csc1NC(=O)CC1CCCCC1. The molecule has 0 aliphatic heterocycles. The molecule has 29 heavy (non-hydrogen) atoms. The molecule has 8 heteroatoms. The van der Waals surface area contributed by atoms with Crippen LogP contribution in [0.5, 0.6) is 0 Å². The van der Waals surface area contributed by atoms with Gasteiger partial charge in [-0.1, -0.05) is 19.3 Å². The molecule has 0 radical (unpaired) electrons. The summed E-state index contributed by atoms with van der Waals surface area (Å²) in [6.07, 6.45) is 6.14. The second-order valence-corrected chi connectivity index (χ2v) is 8.01. The summed E-state index contributed by atoms with van der Waals surface area (Å²) in [6.45, 7) is 1.93. The van der Waals surface area contributed by atoms with Gasteiger partial charge in [0.2, 0.25) is 5.91 Å². The van der Waals surface area contributed by atoms with Crippen LogP contribution in [0, 0.1) is 16.0 Å². The van der Waals surface area contributed by atoms with Crippen molar-refractivity contribution in [2.45, 2.75) is 45.4 Å². The molecule has 1 aromatic heterocycles. The monoisotopic (exact) mass is 416 g/mol. The zero-order valence-electron chi connectivity index (χ0n) is 16.3. The van der Waals surface area contributed by atoms with Crippen molar-refractivity contribution in [2.24, 2.45) is 5.92 Å². The van der Waals surface area contributed by atoms with Crippen molar-refractivity contribution in [3.05, 3.63) is 45.3 Å². The summed E-state index contributed by atoms with van der Waals surface area (Å²) in [5.41, 5.74) is 1.52. The Bertz CT molecular complexity index is 885. The lowest BCUT2D eigenvalue weighted by Gasteiger charge is -2.20. The van der Waals surface area contributed by atoms with Crippen molar-refractivity contribution >= 4 is 33.9 Å². The van der Waals surface area contributed by atoms with E-state index in [4.69, 9.17) is 4.74 Å². The number of anilines is 1. The number of ether oxygens (including phenoxy) is 1. The number of hydrogen-bond acceptors (Lipinski definition) is 6. The number of rotatable bonds is 7. The van der Waals surface area contributed by atoms with Crippen molar-refractivity contribution in [2.75, 3.05) is 11.9 Å². The Hall–Kier alpha value is -2.74. The van der Waals surface area contributed by atoms with Gasteiger partial charge in [0.1, 0.15) is 10.6 Å². The van der Waals surface area contributed by atoms with Gasteiger partial charge in [0, 0.05) is 29.5 Å². The lowest BCUT2D eigenvalue weighted by molar-refractivity contribution is -0.384. The Labute approximate surface area is 173 Å². The molecule has 3 rings (SSSR count). The summed E-state index contributed by atoms with van der Waals surface area (Å²) in [5.74, 6) is -0.224. The number of esters is 1. The van der Waals surface area contributed by atoms with Crippen molar-refractivity contribution in [3.63, 3.8) is 0 Å². The van der Waals surface area contributed by atoms with Gasteiger partial charge in [-0.25, -0.2) is 4.79 Å². The van der Waals surface area contributed by atoms with E-state index in [1.165, 1.54) is 29.9 Å². The van der Waals surface area contributed by atoms with Crippen LogP contribution in [0.1, 0.15) is 55.8 Å². The molecule has 1 saturated carbocycles. The molecule has 1 fully saturated rings. The van der Waals surface area contributed by atoms with Crippen LogP contribution in [0.2, 0.25) is 0 Å².